The molecule has 0 spiro atoms. The van der Waals surface area contributed by atoms with Gasteiger partial charge >= 0.3 is 6.18 Å². The maximum atomic E-state index is 13.4. The Hall–Kier alpha value is -3.69. The van der Waals surface area contributed by atoms with Crippen molar-refractivity contribution in [3.05, 3.63) is 76.9 Å². The number of anilines is 1. The van der Waals surface area contributed by atoms with Crippen molar-refractivity contribution in [2.24, 2.45) is 0 Å². The summed E-state index contributed by atoms with van der Waals surface area (Å²) in [5.41, 5.74) is 1.14. The number of alkyl halides is 3. The summed E-state index contributed by atoms with van der Waals surface area (Å²) in [6.45, 7) is 1.41. The molecule has 6 nitrogen and oxygen atoms in total. The van der Waals surface area contributed by atoms with E-state index in [1.54, 1.807) is 23.7 Å². The number of carbonyl (C=O) groups excluding carboxylic acids is 2. The number of para-hydroxylation sites is 1. The lowest BCUT2D eigenvalue weighted by Gasteiger charge is -2.21. The predicted molar refractivity (Wildman–Crippen MR) is 122 cm³/mol. The van der Waals surface area contributed by atoms with Crippen molar-refractivity contribution in [2.45, 2.75) is 38.8 Å². The number of aromatic nitrogens is 2. The Bertz CT molecular complexity index is 1240. The highest BCUT2D eigenvalue weighted by Gasteiger charge is 2.34. The van der Waals surface area contributed by atoms with Crippen LogP contribution in [0.3, 0.4) is 0 Å². The molecule has 1 aliphatic rings. The lowest BCUT2D eigenvalue weighted by molar-refractivity contribution is -0.137. The first-order chi connectivity index (χ1) is 16.7. The molecule has 10 heteroatoms. The van der Waals surface area contributed by atoms with Crippen LogP contribution in [0.5, 0.6) is 0 Å². The Morgan fingerprint density at radius 1 is 1.06 bits per heavy atom. The number of carbonyl (C=O) groups is 2. The van der Waals surface area contributed by atoms with Crippen LogP contribution in [-0.2, 0) is 23.8 Å². The van der Waals surface area contributed by atoms with Crippen molar-refractivity contribution in [1.82, 2.24) is 14.7 Å². The van der Waals surface area contributed by atoms with Gasteiger partial charge in [0, 0.05) is 17.8 Å². The number of benzene rings is 2. The molecular weight excluding hydrogens is 464 g/mol. The van der Waals surface area contributed by atoms with Gasteiger partial charge in [0.2, 0.25) is 5.91 Å². The minimum Gasteiger partial charge on any atom is -0.328 e. The molecule has 0 fully saturated rings. The zero-order valence-corrected chi connectivity index (χ0v) is 19.0. The lowest BCUT2D eigenvalue weighted by atomic mass is 9.95. The number of amides is 2. The number of hydrogen-bond donors (Lipinski definition) is 1. The minimum absolute atomic E-state index is 0.158. The van der Waals surface area contributed by atoms with E-state index in [-0.39, 0.29) is 23.7 Å². The van der Waals surface area contributed by atoms with E-state index in [1.807, 2.05) is 0 Å². The second-order valence-electron chi connectivity index (χ2n) is 8.28. The monoisotopic (exact) mass is 488 g/mol. The zero-order valence-electron chi connectivity index (χ0n) is 19.0. The summed E-state index contributed by atoms with van der Waals surface area (Å²) >= 11 is 0. The Morgan fingerprint density at radius 3 is 2.43 bits per heavy atom. The predicted octanol–water partition coefficient (Wildman–Crippen LogP) is 5.01. The van der Waals surface area contributed by atoms with Gasteiger partial charge in [-0.25, -0.2) is 9.07 Å². The second kappa shape index (κ2) is 9.89. The summed E-state index contributed by atoms with van der Waals surface area (Å²) in [4.78, 5) is 27.2. The van der Waals surface area contributed by atoms with E-state index in [1.165, 1.54) is 35.2 Å². The average molecular weight is 488 g/mol. The molecule has 35 heavy (non-hydrogen) atoms. The first-order valence-corrected chi connectivity index (χ1v) is 11.3. The molecule has 1 aliphatic carbocycles. The molecule has 1 aromatic heterocycles. The molecule has 0 unspecified atom stereocenters. The van der Waals surface area contributed by atoms with Gasteiger partial charge in [0.15, 0.2) is 5.69 Å². The molecule has 0 aliphatic heterocycles. The Morgan fingerprint density at radius 2 is 1.74 bits per heavy atom. The fourth-order valence-corrected chi connectivity index (χ4v) is 4.25. The van der Waals surface area contributed by atoms with Gasteiger partial charge in [0.1, 0.15) is 12.4 Å². The molecule has 4 rings (SSSR count). The highest BCUT2D eigenvalue weighted by Crippen LogP contribution is 2.34. The van der Waals surface area contributed by atoms with Gasteiger partial charge in [-0.1, -0.05) is 12.1 Å². The topological polar surface area (TPSA) is 67.2 Å². The molecule has 1 heterocycles. The number of hydrogen-bond acceptors (Lipinski definition) is 3. The van der Waals surface area contributed by atoms with E-state index in [2.05, 4.69) is 10.4 Å². The highest BCUT2D eigenvalue weighted by molar-refractivity contribution is 5.99. The third-order valence-electron chi connectivity index (χ3n) is 5.96. The number of likely N-dealkylation sites (N-methyl/N-ethyl adjacent to an activating group) is 1. The highest BCUT2D eigenvalue weighted by atomic mass is 19.4. The van der Waals surface area contributed by atoms with E-state index >= 15 is 0 Å². The lowest BCUT2D eigenvalue weighted by Crippen LogP contribution is -2.38. The third kappa shape index (κ3) is 5.21. The summed E-state index contributed by atoms with van der Waals surface area (Å²) in [5.74, 6) is -1.61. The molecule has 0 saturated heterocycles. The van der Waals surface area contributed by atoms with Crippen molar-refractivity contribution >= 4 is 17.5 Å². The van der Waals surface area contributed by atoms with Crippen LogP contribution in [0.25, 0.3) is 5.69 Å². The van der Waals surface area contributed by atoms with E-state index < -0.39 is 30.1 Å². The Kier molecular flexibility index (Phi) is 6.90. The van der Waals surface area contributed by atoms with Crippen LogP contribution in [0.4, 0.5) is 23.2 Å². The first-order valence-electron chi connectivity index (χ1n) is 11.3. The summed E-state index contributed by atoms with van der Waals surface area (Å²) in [6, 6.07) is 10.5. The van der Waals surface area contributed by atoms with Crippen molar-refractivity contribution in [2.75, 3.05) is 18.4 Å². The van der Waals surface area contributed by atoms with Crippen molar-refractivity contribution < 1.29 is 27.2 Å². The molecule has 184 valence electrons. The number of fused-ring (bicyclic) bond motifs is 1. The summed E-state index contributed by atoms with van der Waals surface area (Å²) in [6.07, 6.45) is -1.49. The Labute approximate surface area is 199 Å². The van der Waals surface area contributed by atoms with Crippen LogP contribution in [0, 0.1) is 5.82 Å². The molecule has 3 aromatic rings. The van der Waals surface area contributed by atoms with Crippen molar-refractivity contribution in [3.8, 4) is 5.69 Å². The molecule has 2 amide bonds. The molecule has 0 radical (unpaired) electrons. The van der Waals surface area contributed by atoms with Crippen LogP contribution in [-0.4, -0.2) is 39.6 Å². The van der Waals surface area contributed by atoms with Gasteiger partial charge in [-0.15, -0.1) is 0 Å². The van der Waals surface area contributed by atoms with Crippen molar-refractivity contribution in [3.63, 3.8) is 0 Å². The first kappa shape index (κ1) is 24.4. The summed E-state index contributed by atoms with van der Waals surface area (Å²) < 4.78 is 54.8. The second-order valence-corrected chi connectivity index (χ2v) is 8.28. The fraction of sp³-hybridized carbons (Fsp3) is 0.320. The van der Waals surface area contributed by atoms with E-state index in [9.17, 15) is 27.2 Å². The van der Waals surface area contributed by atoms with Gasteiger partial charge in [-0.3, -0.25) is 9.59 Å². The number of rotatable bonds is 6. The number of halogens is 4. The molecule has 1 N–H and O–H groups in total. The maximum Gasteiger partial charge on any atom is 0.418 e. The number of nitrogens with zero attached hydrogens (tertiary/aromatic N) is 3. The van der Waals surface area contributed by atoms with Crippen LogP contribution in [0.15, 0.2) is 48.5 Å². The third-order valence-corrected chi connectivity index (χ3v) is 5.96. The minimum atomic E-state index is -4.63. The van der Waals surface area contributed by atoms with Gasteiger partial charge in [-0.2, -0.15) is 18.3 Å². The standard InChI is InChI=1S/C25H24F4N4O2/c1-2-32(15-22(34)30-20-9-5-4-8-19(20)25(27,28)29)24(35)23-18-7-3-6-10-21(18)33(31-23)17-13-11-16(26)12-14-17/h4-5,8-9,11-14H,2-3,6-7,10,15H2,1H3,(H,30,34). The van der Waals surface area contributed by atoms with Crippen LogP contribution in [0.2, 0.25) is 0 Å². The smallest absolute Gasteiger partial charge is 0.328 e. The molecule has 0 atom stereocenters. The quantitative estimate of drug-likeness (QED) is 0.496. The van der Waals surface area contributed by atoms with Gasteiger partial charge in [-0.05, 0) is 69.0 Å². The maximum absolute atomic E-state index is 13.4. The molecule has 0 bridgehead atoms. The van der Waals surface area contributed by atoms with Gasteiger partial charge in [0.05, 0.1) is 16.9 Å². The molecular formula is C25H24F4N4O2. The summed E-state index contributed by atoms with van der Waals surface area (Å²) in [5, 5.41) is 6.79. The molecule has 2 aromatic carbocycles. The van der Waals surface area contributed by atoms with Crippen molar-refractivity contribution in [1.29, 1.82) is 0 Å². The average Bonchev–Trinajstić information content (AvgIpc) is 3.22. The Balaban J connectivity index is 1.58. The van der Waals surface area contributed by atoms with Gasteiger partial charge < -0.3 is 10.2 Å². The van der Waals surface area contributed by atoms with Crippen LogP contribution < -0.4 is 5.32 Å². The van der Waals surface area contributed by atoms with E-state index in [4.69, 9.17) is 0 Å². The SMILES string of the molecule is CCN(CC(=O)Nc1ccccc1C(F)(F)F)C(=O)c1nn(-c2ccc(F)cc2)c2c1CCCC2. The summed E-state index contributed by atoms with van der Waals surface area (Å²) in [7, 11) is 0. The zero-order chi connectivity index (χ0) is 25.2. The molecule has 0 saturated carbocycles. The van der Waals surface area contributed by atoms with Crippen LogP contribution >= 0.6 is 0 Å². The normalized spacial score (nSPS) is 13.3. The van der Waals surface area contributed by atoms with Gasteiger partial charge in [0.25, 0.3) is 5.91 Å². The fourth-order valence-electron chi connectivity index (χ4n) is 4.25. The largest absolute Gasteiger partial charge is 0.418 e. The van der Waals surface area contributed by atoms with E-state index in [0.29, 0.717) is 18.5 Å². The van der Waals surface area contributed by atoms with Crippen LogP contribution in [0.1, 0.15) is 47.1 Å². The number of nitrogens with one attached hydrogen (secondary N) is 1. The van der Waals surface area contributed by atoms with E-state index in [0.717, 1.165) is 30.2 Å².